The van der Waals surface area contributed by atoms with Crippen molar-refractivity contribution in [2.24, 2.45) is 0 Å². The maximum atomic E-state index is 12.4. The van der Waals surface area contributed by atoms with Gasteiger partial charge in [-0.25, -0.2) is 4.79 Å². The maximum Gasteiger partial charge on any atom is 0.339 e. The summed E-state index contributed by atoms with van der Waals surface area (Å²) in [6.45, 7) is 3.55. The summed E-state index contributed by atoms with van der Waals surface area (Å²) in [6.07, 6.45) is 0. The van der Waals surface area contributed by atoms with Crippen LogP contribution in [0, 0.1) is 13.8 Å². The van der Waals surface area contributed by atoms with Crippen molar-refractivity contribution in [3.8, 4) is 0 Å². The Morgan fingerprint density at radius 1 is 0.875 bits per heavy atom. The van der Waals surface area contributed by atoms with E-state index in [-0.39, 0.29) is 12.4 Å². The monoisotopic (exact) mass is 318 g/mol. The van der Waals surface area contributed by atoms with Gasteiger partial charge in [0.2, 0.25) is 5.78 Å². The fraction of sp³-hybridized carbons (Fsp3) is 0.143. The average Bonchev–Trinajstić information content (AvgIpc) is 2.61. The molecule has 3 aromatic carbocycles. The second-order valence-electron chi connectivity index (χ2n) is 5.84. The van der Waals surface area contributed by atoms with E-state index in [1.54, 1.807) is 6.07 Å². The molecular formula is C21H18O3. The van der Waals surface area contributed by atoms with E-state index in [0.717, 1.165) is 21.9 Å². The molecule has 0 saturated carbocycles. The zero-order chi connectivity index (χ0) is 17.1. The van der Waals surface area contributed by atoms with Crippen LogP contribution in [-0.2, 0) is 4.74 Å². The first-order valence-electron chi connectivity index (χ1n) is 7.81. The van der Waals surface area contributed by atoms with Crippen LogP contribution in [-0.4, -0.2) is 18.4 Å². The number of hydrogen-bond acceptors (Lipinski definition) is 3. The lowest BCUT2D eigenvalue weighted by Gasteiger charge is -2.09. The minimum Gasteiger partial charge on any atom is -0.454 e. The van der Waals surface area contributed by atoms with Crippen molar-refractivity contribution < 1.29 is 14.3 Å². The number of carbonyl (C=O) groups is 2. The molecule has 0 saturated heterocycles. The third-order valence-corrected chi connectivity index (χ3v) is 4.04. The molecule has 0 aromatic heterocycles. The fourth-order valence-corrected chi connectivity index (χ4v) is 2.73. The molecule has 0 aliphatic rings. The number of ether oxygens (including phenoxy) is 1. The SMILES string of the molecule is Cc1ccc(C)c(C(=O)COC(=O)c2cccc3ccccc23)c1. The molecule has 120 valence electrons. The van der Waals surface area contributed by atoms with Gasteiger partial charge in [0.1, 0.15) is 0 Å². The van der Waals surface area contributed by atoms with Gasteiger partial charge in [0.05, 0.1) is 5.56 Å². The van der Waals surface area contributed by atoms with Gasteiger partial charge in [0, 0.05) is 5.56 Å². The summed E-state index contributed by atoms with van der Waals surface area (Å²) >= 11 is 0. The molecule has 0 aliphatic heterocycles. The van der Waals surface area contributed by atoms with Gasteiger partial charge in [0.15, 0.2) is 6.61 Å². The van der Waals surface area contributed by atoms with Gasteiger partial charge in [-0.15, -0.1) is 0 Å². The number of carbonyl (C=O) groups excluding carboxylic acids is 2. The van der Waals surface area contributed by atoms with E-state index in [1.807, 2.05) is 68.4 Å². The Morgan fingerprint density at radius 3 is 2.46 bits per heavy atom. The summed E-state index contributed by atoms with van der Waals surface area (Å²) in [7, 11) is 0. The van der Waals surface area contributed by atoms with Crippen LogP contribution in [0.2, 0.25) is 0 Å². The first-order chi connectivity index (χ1) is 11.6. The molecule has 0 spiro atoms. The molecule has 0 N–H and O–H groups in total. The van der Waals surface area contributed by atoms with Crippen LogP contribution in [0.5, 0.6) is 0 Å². The molecule has 0 radical (unpaired) electrons. The lowest BCUT2D eigenvalue weighted by atomic mass is 10.0. The summed E-state index contributed by atoms with van der Waals surface area (Å²) < 4.78 is 5.26. The fourth-order valence-electron chi connectivity index (χ4n) is 2.73. The molecule has 0 fully saturated rings. The number of Topliss-reactive ketones (excluding diaryl/α,β-unsaturated/α-hetero) is 1. The van der Waals surface area contributed by atoms with Crippen molar-refractivity contribution in [3.05, 3.63) is 82.9 Å². The van der Waals surface area contributed by atoms with Gasteiger partial charge >= 0.3 is 5.97 Å². The molecule has 24 heavy (non-hydrogen) atoms. The van der Waals surface area contributed by atoms with Crippen molar-refractivity contribution in [2.45, 2.75) is 13.8 Å². The van der Waals surface area contributed by atoms with E-state index in [1.165, 1.54) is 0 Å². The Kier molecular flexibility index (Phi) is 4.43. The Labute approximate surface area is 140 Å². The number of hydrogen-bond donors (Lipinski definition) is 0. The van der Waals surface area contributed by atoms with E-state index in [0.29, 0.717) is 11.1 Å². The van der Waals surface area contributed by atoms with Crippen LogP contribution >= 0.6 is 0 Å². The number of aryl methyl sites for hydroxylation is 2. The summed E-state index contributed by atoms with van der Waals surface area (Å²) in [4.78, 5) is 24.7. The predicted octanol–water partition coefficient (Wildman–Crippen LogP) is 4.50. The lowest BCUT2D eigenvalue weighted by Crippen LogP contribution is -2.15. The van der Waals surface area contributed by atoms with Gasteiger partial charge in [-0.05, 0) is 42.3 Å². The van der Waals surface area contributed by atoms with Crippen LogP contribution < -0.4 is 0 Å². The quantitative estimate of drug-likeness (QED) is 0.525. The molecule has 0 bridgehead atoms. The maximum absolute atomic E-state index is 12.4. The summed E-state index contributed by atoms with van der Waals surface area (Å²) in [5.41, 5.74) is 2.96. The van der Waals surface area contributed by atoms with Crippen LogP contribution in [0.3, 0.4) is 0 Å². The molecule has 0 heterocycles. The topological polar surface area (TPSA) is 43.4 Å². The minimum absolute atomic E-state index is 0.190. The first kappa shape index (κ1) is 15.9. The molecule has 3 nitrogen and oxygen atoms in total. The molecule has 0 amide bonds. The van der Waals surface area contributed by atoms with E-state index in [4.69, 9.17) is 4.74 Å². The van der Waals surface area contributed by atoms with Crippen LogP contribution in [0.1, 0.15) is 31.8 Å². The van der Waals surface area contributed by atoms with Crippen molar-refractivity contribution in [3.63, 3.8) is 0 Å². The molecule has 0 atom stereocenters. The van der Waals surface area contributed by atoms with E-state index < -0.39 is 5.97 Å². The normalized spacial score (nSPS) is 10.6. The summed E-state index contributed by atoms with van der Waals surface area (Å²) in [6, 6.07) is 18.7. The van der Waals surface area contributed by atoms with Crippen LogP contribution in [0.15, 0.2) is 60.7 Å². The second kappa shape index (κ2) is 6.67. The number of fused-ring (bicyclic) bond motifs is 1. The highest BCUT2D eigenvalue weighted by molar-refractivity contribution is 6.06. The predicted molar refractivity (Wildman–Crippen MR) is 94.5 cm³/mol. The molecule has 3 rings (SSSR count). The highest BCUT2D eigenvalue weighted by Crippen LogP contribution is 2.19. The Morgan fingerprint density at radius 2 is 1.62 bits per heavy atom. The van der Waals surface area contributed by atoms with E-state index in [9.17, 15) is 9.59 Å². The smallest absolute Gasteiger partial charge is 0.339 e. The molecule has 0 unspecified atom stereocenters. The standard InChI is InChI=1S/C21H18O3/c1-14-10-11-15(2)19(12-14)20(22)13-24-21(23)18-9-5-7-16-6-3-4-8-17(16)18/h3-12H,13H2,1-2H3. The van der Waals surface area contributed by atoms with E-state index in [2.05, 4.69) is 0 Å². The Balaban J connectivity index is 1.78. The number of esters is 1. The summed E-state index contributed by atoms with van der Waals surface area (Å²) in [5, 5.41) is 1.79. The van der Waals surface area contributed by atoms with Gasteiger partial charge < -0.3 is 4.74 Å². The lowest BCUT2D eigenvalue weighted by molar-refractivity contribution is 0.0476. The zero-order valence-corrected chi connectivity index (χ0v) is 13.7. The largest absolute Gasteiger partial charge is 0.454 e. The number of rotatable bonds is 4. The third kappa shape index (κ3) is 3.20. The van der Waals surface area contributed by atoms with Crippen molar-refractivity contribution in [1.29, 1.82) is 0 Å². The second-order valence-corrected chi connectivity index (χ2v) is 5.84. The molecule has 0 aliphatic carbocycles. The molecular weight excluding hydrogens is 300 g/mol. The van der Waals surface area contributed by atoms with Crippen molar-refractivity contribution in [1.82, 2.24) is 0 Å². The highest BCUT2D eigenvalue weighted by Gasteiger charge is 2.15. The van der Waals surface area contributed by atoms with Gasteiger partial charge in [0.25, 0.3) is 0 Å². The molecule has 3 aromatic rings. The van der Waals surface area contributed by atoms with Gasteiger partial charge in [-0.3, -0.25) is 4.79 Å². The van der Waals surface area contributed by atoms with Crippen molar-refractivity contribution >= 4 is 22.5 Å². The molecule has 3 heteroatoms. The average molecular weight is 318 g/mol. The van der Waals surface area contributed by atoms with Gasteiger partial charge in [-0.2, -0.15) is 0 Å². The minimum atomic E-state index is -0.481. The Bertz CT molecular complexity index is 920. The summed E-state index contributed by atoms with van der Waals surface area (Å²) in [5.74, 6) is -0.671. The highest BCUT2D eigenvalue weighted by atomic mass is 16.5. The third-order valence-electron chi connectivity index (χ3n) is 4.04. The van der Waals surface area contributed by atoms with Crippen LogP contribution in [0.4, 0.5) is 0 Å². The van der Waals surface area contributed by atoms with Crippen LogP contribution in [0.25, 0.3) is 10.8 Å². The Hall–Kier alpha value is -2.94. The first-order valence-corrected chi connectivity index (χ1v) is 7.81. The van der Waals surface area contributed by atoms with E-state index >= 15 is 0 Å². The van der Waals surface area contributed by atoms with Crippen molar-refractivity contribution in [2.75, 3.05) is 6.61 Å². The zero-order valence-electron chi connectivity index (χ0n) is 13.7. The van der Waals surface area contributed by atoms with Gasteiger partial charge in [-0.1, -0.05) is 54.1 Å². The number of ketones is 1. The number of benzene rings is 3.